The van der Waals surface area contributed by atoms with Crippen LogP contribution < -0.4 is 10.2 Å². The topological polar surface area (TPSA) is 41.6 Å². The van der Waals surface area contributed by atoms with E-state index in [9.17, 15) is 4.79 Å². The van der Waals surface area contributed by atoms with Gasteiger partial charge in [-0.1, -0.05) is 18.2 Å². The highest BCUT2D eigenvalue weighted by Gasteiger charge is 2.25. The minimum absolute atomic E-state index is 0.101. The lowest BCUT2D eigenvalue weighted by Crippen LogP contribution is -2.47. The van der Waals surface area contributed by atoms with Gasteiger partial charge in [0.1, 0.15) is 0 Å². The summed E-state index contributed by atoms with van der Waals surface area (Å²) in [5.74, 6) is 0.221. The van der Waals surface area contributed by atoms with Crippen LogP contribution in [0.2, 0.25) is 0 Å². The third-order valence-electron chi connectivity index (χ3n) is 3.81. The molecule has 1 aromatic carbocycles. The highest BCUT2D eigenvalue weighted by Crippen LogP contribution is 2.27. The largest absolute Gasteiger partial charge is 0.374 e. The molecule has 0 aromatic heterocycles. The molecule has 1 saturated heterocycles. The number of nitrogens with one attached hydrogen (secondary N) is 1. The number of hydrogen-bond donors (Lipinski definition) is 1. The van der Waals surface area contributed by atoms with Crippen molar-refractivity contribution in [2.45, 2.75) is 25.4 Å². The Labute approximate surface area is 113 Å². The van der Waals surface area contributed by atoms with Gasteiger partial charge in [0.15, 0.2) is 0 Å². The van der Waals surface area contributed by atoms with Crippen LogP contribution in [0.4, 0.5) is 5.69 Å². The van der Waals surface area contributed by atoms with Crippen molar-refractivity contribution in [2.24, 2.45) is 0 Å². The fourth-order valence-corrected chi connectivity index (χ4v) is 2.83. The fourth-order valence-electron chi connectivity index (χ4n) is 2.83. The summed E-state index contributed by atoms with van der Waals surface area (Å²) >= 11 is 0. The van der Waals surface area contributed by atoms with Crippen LogP contribution in [-0.2, 0) is 16.0 Å². The average molecular weight is 260 g/mol. The molecule has 4 heteroatoms. The van der Waals surface area contributed by atoms with Gasteiger partial charge in [-0.05, 0) is 24.5 Å². The molecule has 1 amide bonds. The molecule has 102 valence electrons. The third kappa shape index (κ3) is 2.80. The normalized spacial score (nSPS) is 23.9. The van der Waals surface area contributed by atoms with Crippen molar-refractivity contribution in [2.75, 3.05) is 31.1 Å². The van der Waals surface area contributed by atoms with Crippen LogP contribution in [0.1, 0.15) is 18.4 Å². The first-order valence-corrected chi connectivity index (χ1v) is 7.05. The zero-order chi connectivity index (χ0) is 13.1. The standard InChI is InChI=1S/C15H20N2O2/c18-15-7-3-5-12-4-1-2-6-14(12)17(15)11-13-10-16-8-9-19-13/h1-2,4,6,13,16H,3,5,7-11H2. The highest BCUT2D eigenvalue weighted by molar-refractivity contribution is 5.94. The van der Waals surface area contributed by atoms with E-state index in [-0.39, 0.29) is 12.0 Å². The number of carbonyl (C=O) groups excluding carboxylic acids is 1. The van der Waals surface area contributed by atoms with Crippen LogP contribution in [0.15, 0.2) is 24.3 Å². The van der Waals surface area contributed by atoms with E-state index in [1.807, 2.05) is 17.0 Å². The lowest BCUT2D eigenvalue weighted by atomic mass is 10.1. The lowest BCUT2D eigenvalue weighted by Gasteiger charge is -2.30. The minimum Gasteiger partial charge on any atom is -0.374 e. The first kappa shape index (κ1) is 12.6. The Kier molecular flexibility index (Phi) is 3.80. The molecule has 2 heterocycles. The molecule has 0 spiro atoms. The van der Waals surface area contributed by atoms with Gasteiger partial charge in [-0.3, -0.25) is 4.79 Å². The van der Waals surface area contributed by atoms with Gasteiger partial charge in [0.05, 0.1) is 19.3 Å². The summed E-state index contributed by atoms with van der Waals surface area (Å²) in [7, 11) is 0. The predicted octanol–water partition coefficient (Wildman–Crippen LogP) is 1.34. The molecule has 1 unspecified atom stereocenters. The summed E-state index contributed by atoms with van der Waals surface area (Å²) < 4.78 is 5.73. The number of para-hydroxylation sites is 1. The number of ether oxygens (including phenoxy) is 1. The molecular weight excluding hydrogens is 240 g/mol. The van der Waals surface area contributed by atoms with E-state index in [0.717, 1.165) is 38.2 Å². The summed E-state index contributed by atoms with van der Waals surface area (Å²) in [4.78, 5) is 14.2. The van der Waals surface area contributed by atoms with Crippen LogP contribution in [0, 0.1) is 0 Å². The molecule has 2 aliphatic heterocycles. The number of amides is 1. The van der Waals surface area contributed by atoms with Gasteiger partial charge >= 0.3 is 0 Å². The van der Waals surface area contributed by atoms with Crippen molar-refractivity contribution < 1.29 is 9.53 Å². The molecule has 0 bridgehead atoms. The second-order valence-corrected chi connectivity index (χ2v) is 5.18. The third-order valence-corrected chi connectivity index (χ3v) is 3.81. The first-order valence-electron chi connectivity index (χ1n) is 7.05. The molecule has 4 nitrogen and oxygen atoms in total. The quantitative estimate of drug-likeness (QED) is 0.872. The summed E-state index contributed by atoms with van der Waals surface area (Å²) in [5.41, 5.74) is 2.34. The zero-order valence-electron chi connectivity index (χ0n) is 11.1. The number of morpholine rings is 1. The number of anilines is 1. The molecule has 1 fully saturated rings. The van der Waals surface area contributed by atoms with Gasteiger partial charge in [0, 0.05) is 25.2 Å². The van der Waals surface area contributed by atoms with Gasteiger partial charge < -0.3 is 15.0 Å². The minimum atomic E-state index is 0.101. The van der Waals surface area contributed by atoms with E-state index in [1.54, 1.807) is 0 Å². The van der Waals surface area contributed by atoms with Gasteiger partial charge in [-0.15, -0.1) is 0 Å². The maximum absolute atomic E-state index is 12.3. The molecule has 2 aliphatic rings. The molecule has 3 rings (SSSR count). The second-order valence-electron chi connectivity index (χ2n) is 5.18. The Bertz CT molecular complexity index is 455. The summed E-state index contributed by atoms with van der Waals surface area (Å²) in [5, 5.41) is 3.32. The van der Waals surface area contributed by atoms with E-state index in [4.69, 9.17) is 4.74 Å². The Morgan fingerprint density at radius 3 is 3.05 bits per heavy atom. The Morgan fingerprint density at radius 1 is 1.32 bits per heavy atom. The van der Waals surface area contributed by atoms with Crippen LogP contribution in [0.5, 0.6) is 0 Å². The number of rotatable bonds is 2. The summed E-state index contributed by atoms with van der Waals surface area (Å²) in [6, 6.07) is 8.23. The highest BCUT2D eigenvalue weighted by atomic mass is 16.5. The summed E-state index contributed by atoms with van der Waals surface area (Å²) in [6.07, 6.45) is 2.66. The van der Waals surface area contributed by atoms with Gasteiger partial charge in [-0.2, -0.15) is 0 Å². The first-order chi connectivity index (χ1) is 9.34. The van der Waals surface area contributed by atoms with E-state index in [1.165, 1.54) is 5.56 Å². The predicted molar refractivity (Wildman–Crippen MR) is 74.3 cm³/mol. The second kappa shape index (κ2) is 5.72. The van der Waals surface area contributed by atoms with Gasteiger partial charge in [0.2, 0.25) is 5.91 Å². The number of carbonyl (C=O) groups is 1. The van der Waals surface area contributed by atoms with E-state index >= 15 is 0 Å². The van der Waals surface area contributed by atoms with Crippen LogP contribution in [0.3, 0.4) is 0 Å². The molecule has 0 radical (unpaired) electrons. The monoisotopic (exact) mass is 260 g/mol. The maximum Gasteiger partial charge on any atom is 0.227 e. The van der Waals surface area contributed by atoms with E-state index in [0.29, 0.717) is 13.0 Å². The van der Waals surface area contributed by atoms with E-state index < -0.39 is 0 Å². The van der Waals surface area contributed by atoms with Crippen LogP contribution in [-0.4, -0.2) is 38.3 Å². The van der Waals surface area contributed by atoms with Crippen LogP contribution in [0.25, 0.3) is 0 Å². The SMILES string of the molecule is O=C1CCCc2ccccc2N1CC1CNCCO1. The van der Waals surface area contributed by atoms with Gasteiger partial charge in [0.25, 0.3) is 0 Å². The molecule has 1 aromatic rings. The molecule has 0 saturated carbocycles. The number of aryl methyl sites for hydroxylation is 1. The number of nitrogens with zero attached hydrogens (tertiary/aromatic N) is 1. The van der Waals surface area contributed by atoms with E-state index in [2.05, 4.69) is 17.4 Å². The maximum atomic E-state index is 12.3. The van der Waals surface area contributed by atoms with Crippen LogP contribution >= 0.6 is 0 Å². The molecule has 19 heavy (non-hydrogen) atoms. The fraction of sp³-hybridized carbons (Fsp3) is 0.533. The number of hydrogen-bond acceptors (Lipinski definition) is 3. The van der Waals surface area contributed by atoms with Crippen molar-refractivity contribution in [1.82, 2.24) is 5.32 Å². The average Bonchev–Trinajstić information content (AvgIpc) is 2.61. The Balaban J connectivity index is 1.82. The lowest BCUT2D eigenvalue weighted by molar-refractivity contribution is -0.119. The van der Waals surface area contributed by atoms with Crippen molar-refractivity contribution in [3.05, 3.63) is 29.8 Å². The van der Waals surface area contributed by atoms with Crippen molar-refractivity contribution in [1.29, 1.82) is 0 Å². The van der Waals surface area contributed by atoms with Crippen molar-refractivity contribution in [3.63, 3.8) is 0 Å². The number of benzene rings is 1. The molecule has 1 atom stereocenters. The zero-order valence-corrected chi connectivity index (χ0v) is 11.1. The smallest absolute Gasteiger partial charge is 0.227 e. The molecular formula is C15H20N2O2. The van der Waals surface area contributed by atoms with Gasteiger partial charge in [-0.25, -0.2) is 0 Å². The molecule has 1 N–H and O–H groups in total. The van der Waals surface area contributed by atoms with Crippen molar-refractivity contribution in [3.8, 4) is 0 Å². The Morgan fingerprint density at radius 2 is 2.21 bits per heavy atom. The Hall–Kier alpha value is -1.39. The molecule has 0 aliphatic carbocycles. The number of fused-ring (bicyclic) bond motifs is 1. The van der Waals surface area contributed by atoms with Crippen molar-refractivity contribution >= 4 is 11.6 Å². The summed E-state index contributed by atoms with van der Waals surface area (Å²) in [6.45, 7) is 3.12.